The SMILES string of the molecule is COc1ccc([C@@H]2C[C@]23N=C(c2ccccc2)OC3=O)cc1OC. The van der Waals surface area contributed by atoms with Crippen molar-refractivity contribution in [1.82, 2.24) is 0 Å². The molecule has 5 nitrogen and oxygen atoms in total. The van der Waals surface area contributed by atoms with Gasteiger partial charge in [0.15, 0.2) is 17.0 Å². The first-order chi connectivity index (χ1) is 11.7. The van der Waals surface area contributed by atoms with Crippen LogP contribution in [0.2, 0.25) is 0 Å². The Morgan fingerprint density at radius 2 is 1.83 bits per heavy atom. The number of ether oxygens (including phenoxy) is 3. The topological polar surface area (TPSA) is 57.1 Å². The summed E-state index contributed by atoms with van der Waals surface area (Å²) in [6.07, 6.45) is 0.650. The Kier molecular flexibility index (Phi) is 3.30. The van der Waals surface area contributed by atoms with Crippen molar-refractivity contribution in [3.8, 4) is 11.5 Å². The Bertz CT molecular complexity index is 831. The number of methoxy groups -OCH3 is 2. The first-order valence-corrected chi connectivity index (χ1v) is 7.77. The quantitative estimate of drug-likeness (QED) is 0.812. The second kappa shape index (κ2) is 5.37. The number of nitrogens with zero attached hydrogens (tertiary/aromatic N) is 1. The standard InChI is InChI=1S/C19H17NO4/c1-22-15-9-8-13(10-16(15)23-2)14-11-19(14)18(21)24-17(20-19)12-6-4-3-5-7-12/h3-10,14H,11H2,1-2H3/t14-,19-/m0/s1. The van der Waals surface area contributed by atoms with Gasteiger partial charge < -0.3 is 14.2 Å². The number of hydrogen-bond donors (Lipinski definition) is 0. The van der Waals surface area contributed by atoms with Crippen molar-refractivity contribution in [1.29, 1.82) is 0 Å². The van der Waals surface area contributed by atoms with Gasteiger partial charge in [-0.3, -0.25) is 0 Å². The van der Waals surface area contributed by atoms with Crippen LogP contribution >= 0.6 is 0 Å². The molecule has 2 aromatic rings. The van der Waals surface area contributed by atoms with E-state index in [2.05, 4.69) is 4.99 Å². The van der Waals surface area contributed by atoms with Crippen molar-refractivity contribution in [2.24, 2.45) is 4.99 Å². The van der Waals surface area contributed by atoms with Gasteiger partial charge in [-0.2, -0.15) is 0 Å². The molecule has 1 heterocycles. The molecule has 1 saturated carbocycles. The number of carbonyl (C=O) groups is 1. The monoisotopic (exact) mass is 323 g/mol. The Morgan fingerprint density at radius 3 is 2.54 bits per heavy atom. The number of cyclic esters (lactones) is 1. The number of aliphatic imine (C=N–C) groups is 1. The molecule has 24 heavy (non-hydrogen) atoms. The van der Waals surface area contributed by atoms with Crippen LogP contribution in [0.1, 0.15) is 23.5 Å². The van der Waals surface area contributed by atoms with Gasteiger partial charge in [0, 0.05) is 11.5 Å². The average molecular weight is 323 g/mol. The van der Waals surface area contributed by atoms with Crippen molar-refractivity contribution in [3.05, 3.63) is 59.7 Å². The molecule has 1 aliphatic carbocycles. The average Bonchev–Trinajstić information content (AvgIpc) is 3.27. The van der Waals surface area contributed by atoms with E-state index in [1.807, 2.05) is 48.5 Å². The Hall–Kier alpha value is -2.82. The normalized spacial score (nSPS) is 24.5. The summed E-state index contributed by atoms with van der Waals surface area (Å²) in [6, 6.07) is 15.2. The second-order valence-corrected chi connectivity index (χ2v) is 5.97. The molecule has 2 atom stereocenters. The zero-order valence-corrected chi connectivity index (χ0v) is 13.5. The second-order valence-electron chi connectivity index (χ2n) is 5.97. The summed E-state index contributed by atoms with van der Waals surface area (Å²) >= 11 is 0. The molecule has 4 rings (SSSR count). The van der Waals surface area contributed by atoms with Gasteiger partial charge in [-0.15, -0.1) is 0 Å². The molecule has 2 aromatic carbocycles. The van der Waals surface area contributed by atoms with E-state index in [-0.39, 0.29) is 11.9 Å². The Balaban J connectivity index is 1.65. The highest BCUT2D eigenvalue weighted by molar-refractivity contribution is 6.10. The minimum atomic E-state index is -0.787. The van der Waals surface area contributed by atoms with Crippen LogP contribution in [0.3, 0.4) is 0 Å². The van der Waals surface area contributed by atoms with E-state index in [1.165, 1.54) is 0 Å². The molecule has 0 amide bonds. The zero-order chi connectivity index (χ0) is 16.7. The van der Waals surface area contributed by atoms with Gasteiger partial charge in [-0.05, 0) is 36.2 Å². The summed E-state index contributed by atoms with van der Waals surface area (Å²) in [5.41, 5.74) is 1.04. The van der Waals surface area contributed by atoms with Crippen molar-refractivity contribution in [2.75, 3.05) is 14.2 Å². The van der Waals surface area contributed by atoms with Crippen molar-refractivity contribution >= 4 is 11.9 Å². The van der Waals surface area contributed by atoms with E-state index in [0.717, 1.165) is 11.1 Å². The molecule has 0 unspecified atom stereocenters. The lowest BCUT2D eigenvalue weighted by atomic mass is 10.1. The fraction of sp³-hybridized carbons (Fsp3) is 0.263. The lowest BCUT2D eigenvalue weighted by Crippen LogP contribution is -2.18. The third kappa shape index (κ3) is 2.16. The van der Waals surface area contributed by atoms with Crippen LogP contribution in [0, 0.1) is 0 Å². The van der Waals surface area contributed by atoms with Gasteiger partial charge in [0.2, 0.25) is 5.90 Å². The lowest BCUT2D eigenvalue weighted by molar-refractivity contribution is -0.136. The summed E-state index contributed by atoms with van der Waals surface area (Å²) < 4.78 is 16.0. The number of hydrogen-bond acceptors (Lipinski definition) is 5. The van der Waals surface area contributed by atoms with Gasteiger partial charge in [-0.25, -0.2) is 9.79 Å². The van der Waals surface area contributed by atoms with Crippen LogP contribution in [-0.4, -0.2) is 31.6 Å². The molecular formula is C19H17NO4. The van der Waals surface area contributed by atoms with Crippen LogP contribution in [0.5, 0.6) is 11.5 Å². The van der Waals surface area contributed by atoms with E-state index < -0.39 is 5.54 Å². The molecule has 1 aliphatic heterocycles. The molecular weight excluding hydrogens is 306 g/mol. The van der Waals surface area contributed by atoms with E-state index in [4.69, 9.17) is 14.2 Å². The maximum Gasteiger partial charge on any atom is 0.341 e. The van der Waals surface area contributed by atoms with Crippen molar-refractivity contribution in [2.45, 2.75) is 17.9 Å². The van der Waals surface area contributed by atoms with Gasteiger partial charge >= 0.3 is 5.97 Å². The highest BCUT2D eigenvalue weighted by atomic mass is 16.6. The maximum absolute atomic E-state index is 12.4. The largest absolute Gasteiger partial charge is 0.493 e. The predicted molar refractivity (Wildman–Crippen MR) is 88.7 cm³/mol. The molecule has 1 fully saturated rings. The number of carbonyl (C=O) groups excluding carboxylic acids is 1. The molecule has 0 bridgehead atoms. The highest BCUT2D eigenvalue weighted by Gasteiger charge is 2.65. The fourth-order valence-corrected chi connectivity index (χ4v) is 3.19. The van der Waals surface area contributed by atoms with E-state index in [0.29, 0.717) is 23.8 Å². The maximum atomic E-state index is 12.4. The molecule has 2 aliphatic rings. The Labute approximate surface area is 139 Å². The van der Waals surface area contributed by atoms with Crippen LogP contribution < -0.4 is 9.47 Å². The molecule has 0 radical (unpaired) electrons. The van der Waals surface area contributed by atoms with Crippen molar-refractivity contribution < 1.29 is 19.0 Å². The first kappa shape index (κ1) is 14.8. The van der Waals surface area contributed by atoms with Gasteiger partial charge in [0.05, 0.1) is 14.2 Å². The summed E-state index contributed by atoms with van der Waals surface area (Å²) in [5.74, 6) is 1.45. The van der Waals surface area contributed by atoms with Gasteiger partial charge in [-0.1, -0.05) is 24.3 Å². The van der Waals surface area contributed by atoms with Crippen LogP contribution in [0.4, 0.5) is 0 Å². The van der Waals surface area contributed by atoms with Crippen LogP contribution in [0.25, 0.3) is 0 Å². The summed E-state index contributed by atoms with van der Waals surface area (Å²) in [4.78, 5) is 17.0. The molecule has 0 N–H and O–H groups in total. The van der Waals surface area contributed by atoms with Crippen LogP contribution in [0.15, 0.2) is 53.5 Å². The molecule has 122 valence electrons. The molecule has 1 spiro atoms. The van der Waals surface area contributed by atoms with E-state index >= 15 is 0 Å². The minimum absolute atomic E-state index is 0.00557. The van der Waals surface area contributed by atoms with E-state index in [1.54, 1.807) is 14.2 Å². The first-order valence-electron chi connectivity index (χ1n) is 7.77. The molecule has 0 aromatic heterocycles. The van der Waals surface area contributed by atoms with Gasteiger partial charge in [0.25, 0.3) is 0 Å². The zero-order valence-electron chi connectivity index (χ0n) is 13.5. The van der Waals surface area contributed by atoms with Gasteiger partial charge in [0.1, 0.15) is 0 Å². The van der Waals surface area contributed by atoms with Crippen molar-refractivity contribution in [3.63, 3.8) is 0 Å². The summed E-state index contributed by atoms with van der Waals surface area (Å²) in [7, 11) is 3.20. The minimum Gasteiger partial charge on any atom is -0.493 e. The third-order valence-corrected chi connectivity index (χ3v) is 4.61. The number of rotatable bonds is 4. The lowest BCUT2D eigenvalue weighted by Gasteiger charge is -2.10. The smallest absolute Gasteiger partial charge is 0.341 e. The third-order valence-electron chi connectivity index (χ3n) is 4.61. The Morgan fingerprint density at radius 1 is 1.08 bits per heavy atom. The molecule has 0 saturated heterocycles. The molecule has 5 heteroatoms. The van der Waals surface area contributed by atoms with E-state index in [9.17, 15) is 4.79 Å². The predicted octanol–water partition coefficient (Wildman–Crippen LogP) is 2.93. The fourth-order valence-electron chi connectivity index (χ4n) is 3.19. The van der Waals surface area contributed by atoms with Crippen LogP contribution in [-0.2, 0) is 9.53 Å². The summed E-state index contributed by atoms with van der Waals surface area (Å²) in [6.45, 7) is 0. The number of esters is 1. The number of benzene rings is 2. The summed E-state index contributed by atoms with van der Waals surface area (Å²) in [5, 5.41) is 0. The highest BCUT2D eigenvalue weighted by Crippen LogP contribution is 2.58.